The first-order valence-electron chi connectivity index (χ1n) is 23.2. The summed E-state index contributed by atoms with van der Waals surface area (Å²) < 4.78 is 9.71. The SMILES string of the molecule is COC(=O)N[C@H](C(=O)N1CC(C)(C)C[C@H]1c1ncc(-c2ccc(-c3ccc(-c4cnc([C@@H]5CC(C)(C)CN5C(=O)[C@@H](NC(=O)OC)C(C)C)[nH]4)c4c3C3CC5(C)CC4N35)cc2)[nH]1)C(C)C. The van der Waals surface area contributed by atoms with Gasteiger partial charge >= 0.3 is 12.2 Å². The predicted octanol–water partition coefficient (Wildman–Crippen LogP) is 8.46. The van der Waals surface area contributed by atoms with E-state index < -0.39 is 24.3 Å². The fourth-order valence-corrected chi connectivity index (χ4v) is 11.8. The van der Waals surface area contributed by atoms with Crippen LogP contribution in [0.4, 0.5) is 9.59 Å². The second-order valence-electron chi connectivity index (χ2n) is 21.7. The summed E-state index contributed by atoms with van der Waals surface area (Å²) in [7, 11) is 2.61. The van der Waals surface area contributed by atoms with E-state index in [2.05, 4.69) is 96.5 Å². The maximum atomic E-state index is 14.1. The lowest BCUT2D eigenvalue weighted by Crippen LogP contribution is -2.66. The monoisotopic (exact) mass is 888 g/mol. The fourth-order valence-electron chi connectivity index (χ4n) is 11.8. The smallest absolute Gasteiger partial charge is 0.407 e. The number of carbonyl (C=O) groups excluding carboxylic acids is 4. The number of benzene rings is 2. The Morgan fingerprint density at radius 2 is 1.05 bits per heavy atom. The third-order valence-corrected chi connectivity index (χ3v) is 14.9. The third-order valence-electron chi connectivity index (χ3n) is 14.9. The molecule has 65 heavy (non-hydrogen) atoms. The van der Waals surface area contributed by atoms with E-state index in [9.17, 15) is 19.2 Å². The number of aromatic nitrogens is 4. The number of piperidine rings is 1. The van der Waals surface area contributed by atoms with Crippen LogP contribution in [-0.2, 0) is 19.1 Å². The summed E-state index contributed by atoms with van der Waals surface area (Å²) in [5, 5.41) is 5.52. The van der Waals surface area contributed by atoms with Crippen LogP contribution in [0.15, 0.2) is 48.8 Å². The molecule has 0 bridgehead atoms. The molecule has 4 N–H and O–H groups in total. The zero-order valence-electron chi connectivity index (χ0n) is 39.7. The third kappa shape index (κ3) is 7.66. The van der Waals surface area contributed by atoms with Crippen LogP contribution >= 0.6 is 0 Å². The predicted molar refractivity (Wildman–Crippen MR) is 246 cm³/mol. The van der Waals surface area contributed by atoms with Crippen molar-refractivity contribution in [1.82, 2.24) is 45.3 Å². The summed E-state index contributed by atoms with van der Waals surface area (Å²) in [5.41, 5.74) is 9.03. The van der Waals surface area contributed by atoms with Gasteiger partial charge in [-0.2, -0.15) is 0 Å². The molecule has 0 radical (unpaired) electrons. The Labute approximate surface area is 381 Å². The number of H-pyrrole nitrogens is 2. The Morgan fingerprint density at radius 3 is 1.51 bits per heavy atom. The molecule has 9 rings (SSSR count). The normalized spacial score (nSPS) is 25.7. The minimum atomic E-state index is -0.720. The average Bonchev–Trinajstić information content (AvgIpc) is 4.08. The van der Waals surface area contributed by atoms with Gasteiger partial charge in [-0.15, -0.1) is 0 Å². The first-order chi connectivity index (χ1) is 30.7. The van der Waals surface area contributed by atoms with Gasteiger partial charge in [0.25, 0.3) is 0 Å². The molecule has 5 aliphatic rings. The summed E-state index contributed by atoms with van der Waals surface area (Å²) in [6, 6.07) is 11.9. The van der Waals surface area contributed by atoms with Gasteiger partial charge in [0.05, 0.1) is 50.1 Å². The van der Waals surface area contributed by atoms with E-state index in [1.54, 1.807) is 0 Å². The minimum absolute atomic E-state index is 0.129. The van der Waals surface area contributed by atoms with Gasteiger partial charge in [-0.05, 0) is 83.1 Å². The lowest BCUT2D eigenvalue weighted by atomic mass is 9.68. The molecule has 0 aliphatic carbocycles. The molecule has 4 aromatic rings. The number of hydrogen-bond donors (Lipinski definition) is 4. The number of hydrogen-bond acceptors (Lipinski definition) is 9. The highest BCUT2D eigenvalue weighted by Crippen LogP contribution is 2.71. The van der Waals surface area contributed by atoms with E-state index in [-0.39, 0.29) is 52.1 Å². The molecule has 0 saturated carbocycles. The van der Waals surface area contributed by atoms with Crippen molar-refractivity contribution in [3.63, 3.8) is 0 Å². The van der Waals surface area contributed by atoms with Gasteiger partial charge in [-0.25, -0.2) is 19.6 Å². The Balaban J connectivity index is 0.987. The molecular formula is C50H65N9O6. The Hall–Kier alpha value is -5.70. The van der Waals surface area contributed by atoms with Crippen LogP contribution in [0.25, 0.3) is 33.6 Å². The first-order valence-corrected chi connectivity index (χ1v) is 23.2. The number of methoxy groups -OCH3 is 2. The number of aromatic amines is 2. The van der Waals surface area contributed by atoms with Gasteiger partial charge in [-0.3, -0.25) is 14.5 Å². The van der Waals surface area contributed by atoms with Crippen LogP contribution in [0.1, 0.15) is 135 Å². The number of nitrogens with zero attached hydrogens (tertiary/aromatic N) is 5. The van der Waals surface area contributed by atoms with Gasteiger partial charge in [0.1, 0.15) is 23.7 Å². The zero-order chi connectivity index (χ0) is 46.5. The van der Waals surface area contributed by atoms with Gasteiger partial charge in [0.15, 0.2) is 0 Å². The maximum absolute atomic E-state index is 14.1. The molecule has 5 aliphatic heterocycles. The average molecular weight is 888 g/mol. The topological polar surface area (TPSA) is 178 Å². The van der Waals surface area contributed by atoms with E-state index in [4.69, 9.17) is 19.4 Å². The van der Waals surface area contributed by atoms with Crippen molar-refractivity contribution in [2.75, 3.05) is 27.3 Å². The van der Waals surface area contributed by atoms with Crippen LogP contribution in [0.3, 0.4) is 0 Å². The molecule has 4 saturated heterocycles. The number of amides is 4. The minimum Gasteiger partial charge on any atom is -0.453 e. The van der Waals surface area contributed by atoms with E-state index in [0.29, 0.717) is 25.2 Å². The summed E-state index contributed by atoms with van der Waals surface area (Å²) in [6.45, 7) is 19.8. The number of alkyl carbamates (subject to hydrolysis) is 2. The molecule has 15 heteroatoms. The van der Waals surface area contributed by atoms with Crippen LogP contribution in [0.5, 0.6) is 0 Å². The Bertz CT molecular complexity index is 2520. The standard InChI is InChI=1S/C50H65N9O6/c1-26(2)40(55-46(62)64-10)44(60)57-24-48(5,6)18-36(57)42-51-22-32(53-42)29-14-12-28(13-15-29)30-16-17-31(39-35-21-50(9)20-34(38(30)39)59(35)50)33-23-52-43(54-33)37-19-49(7,8)25-58(37)45(61)41(27(3)4)56-47(63)65-11/h12-17,22-23,26-27,34-37,40-41H,18-21,24-25H2,1-11H3,(H,51,53)(H,52,54)(H,55,62)(H,56,63)/t34?,35?,36-,37-,40-,41-,50?/m0/s1. The first kappa shape index (κ1) is 44.5. The highest BCUT2D eigenvalue weighted by Gasteiger charge is 2.66. The Kier molecular flexibility index (Phi) is 11.0. The second kappa shape index (κ2) is 16.0. The molecule has 7 heterocycles. The largest absolute Gasteiger partial charge is 0.453 e. The Morgan fingerprint density at radius 1 is 0.615 bits per heavy atom. The van der Waals surface area contributed by atoms with E-state index in [0.717, 1.165) is 65.4 Å². The number of likely N-dealkylation sites (tertiary alicyclic amines) is 2. The second-order valence-corrected chi connectivity index (χ2v) is 21.7. The lowest BCUT2D eigenvalue weighted by molar-refractivity contribution is -0.177. The lowest BCUT2D eigenvalue weighted by Gasteiger charge is -2.65. The van der Waals surface area contributed by atoms with Crippen molar-refractivity contribution >= 4 is 24.0 Å². The van der Waals surface area contributed by atoms with Crippen molar-refractivity contribution in [2.24, 2.45) is 22.7 Å². The molecule has 346 valence electrons. The maximum Gasteiger partial charge on any atom is 0.407 e. The number of ether oxygens (including phenoxy) is 2. The number of nitrogens with one attached hydrogen (secondary N) is 4. The van der Waals surface area contributed by atoms with Crippen LogP contribution in [-0.4, -0.2) is 104 Å². The molecular weight excluding hydrogens is 823 g/mol. The molecule has 3 unspecified atom stereocenters. The van der Waals surface area contributed by atoms with Gasteiger partial charge in [-0.1, -0.05) is 91.8 Å². The van der Waals surface area contributed by atoms with Crippen LogP contribution < -0.4 is 10.6 Å². The van der Waals surface area contributed by atoms with Gasteiger partial charge in [0, 0.05) is 36.3 Å². The summed E-state index contributed by atoms with van der Waals surface area (Å²) in [5.74, 6) is 0.937. The molecule has 15 nitrogen and oxygen atoms in total. The number of fused-ring (bicyclic) bond motifs is 3. The van der Waals surface area contributed by atoms with Crippen LogP contribution in [0, 0.1) is 22.7 Å². The van der Waals surface area contributed by atoms with E-state index in [1.807, 2.05) is 49.9 Å². The van der Waals surface area contributed by atoms with E-state index >= 15 is 0 Å². The van der Waals surface area contributed by atoms with E-state index in [1.165, 1.54) is 30.9 Å². The molecule has 0 spiro atoms. The number of carbonyl (C=O) groups is 4. The molecule has 4 fully saturated rings. The van der Waals surface area contributed by atoms with Gasteiger partial charge < -0.3 is 39.9 Å². The van der Waals surface area contributed by atoms with Crippen molar-refractivity contribution in [3.05, 3.63) is 71.6 Å². The van der Waals surface area contributed by atoms with Crippen molar-refractivity contribution in [3.8, 4) is 33.6 Å². The zero-order valence-corrected chi connectivity index (χ0v) is 39.7. The van der Waals surface area contributed by atoms with Crippen molar-refractivity contribution < 1.29 is 28.7 Å². The number of imidazole rings is 2. The quantitative estimate of drug-likeness (QED) is 0.115. The molecule has 7 atom stereocenters. The summed E-state index contributed by atoms with van der Waals surface area (Å²) in [4.78, 5) is 76.0. The highest BCUT2D eigenvalue weighted by atomic mass is 16.5. The van der Waals surface area contributed by atoms with Crippen LogP contribution in [0.2, 0.25) is 0 Å². The summed E-state index contributed by atoms with van der Waals surface area (Å²) >= 11 is 0. The molecule has 2 aromatic heterocycles. The molecule has 4 amide bonds. The number of rotatable bonds is 11. The van der Waals surface area contributed by atoms with Crippen molar-refractivity contribution in [1.29, 1.82) is 0 Å². The van der Waals surface area contributed by atoms with Crippen molar-refractivity contribution in [2.45, 2.75) is 130 Å². The highest BCUT2D eigenvalue weighted by molar-refractivity contribution is 5.88. The van der Waals surface area contributed by atoms with Gasteiger partial charge in [0.2, 0.25) is 11.8 Å². The summed E-state index contributed by atoms with van der Waals surface area (Å²) in [6.07, 6.45) is 6.23. The molecule has 2 aromatic carbocycles. The fraction of sp³-hybridized carbons (Fsp3) is 0.560.